The van der Waals surface area contributed by atoms with Gasteiger partial charge in [0.05, 0.1) is 11.3 Å². The smallest absolute Gasteiger partial charge is 0.335 e. The molecule has 4 heteroatoms. The van der Waals surface area contributed by atoms with Crippen LogP contribution in [0.1, 0.15) is 47.5 Å². The highest BCUT2D eigenvalue weighted by Crippen LogP contribution is 2.44. The van der Waals surface area contributed by atoms with Gasteiger partial charge in [-0.15, -0.1) is 0 Å². The van der Waals surface area contributed by atoms with Crippen molar-refractivity contribution in [3.8, 4) is 11.3 Å². The second-order valence-electron chi connectivity index (χ2n) is 6.85. The lowest BCUT2D eigenvalue weighted by molar-refractivity contribution is 0.0697. The molecule has 0 unspecified atom stereocenters. The van der Waals surface area contributed by atoms with E-state index in [2.05, 4.69) is 4.57 Å². The summed E-state index contributed by atoms with van der Waals surface area (Å²) in [6.45, 7) is 0. The summed E-state index contributed by atoms with van der Waals surface area (Å²) in [7, 11) is 2.02. The number of aromatic carboxylic acids is 1. The van der Waals surface area contributed by atoms with E-state index in [0.717, 1.165) is 16.1 Å². The predicted molar refractivity (Wildman–Crippen MR) is 102 cm³/mol. The van der Waals surface area contributed by atoms with Crippen LogP contribution >= 0.6 is 11.6 Å². The van der Waals surface area contributed by atoms with Gasteiger partial charge in [-0.1, -0.05) is 42.6 Å². The SMILES string of the molecule is Cn1c(-c2ccc(Cl)cc2)c(C2CCCC2)c2ccc(C(=O)O)cc21. The minimum absolute atomic E-state index is 0.328. The van der Waals surface area contributed by atoms with Gasteiger partial charge in [0.15, 0.2) is 0 Å². The Morgan fingerprint density at radius 3 is 2.44 bits per heavy atom. The molecule has 0 amide bonds. The molecule has 1 aliphatic carbocycles. The zero-order valence-electron chi connectivity index (χ0n) is 14.1. The average Bonchev–Trinajstić information content (AvgIpc) is 3.22. The number of hydrogen-bond donors (Lipinski definition) is 1. The van der Waals surface area contributed by atoms with Crippen molar-refractivity contribution in [2.45, 2.75) is 31.6 Å². The molecule has 25 heavy (non-hydrogen) atoms. The van der Waals surface area contributed by atoms with Crippen molar-refractivity contribution in [2.24, 2.45) is 7.05 Å². The molecule has 1 heterocycles. The molecule has 0 aliphatic heterocycles. The quantitative estimate of drug-likeness (QED) is 0.641. The highest BCUT2D eigenvalue weighted by Gasteiger charge is 2.26. The van der Waals surface area contributed by atoms with E-state index in [1.807, 2.05) is 37.4 Å². The lowest BCUT2D eigenvalue weighted by Gasteiger charge is -2.14. The molecule has 4 rings (SSSR count). The lowest BCUT2D eigenvalue weighted by Crippen LogP contribution is -1.98. The highest BCUT2D eigenvalue weighted by atomic mass is 35.5. The molecule has 3 aromatic rings. The molecule has 0 spiro atoms. The Hall–Kier alpha value is -2.26. The van der Waals surface area contributed by atoms with Gasteiger partial charge in [-0.25, -0.2) is 4.79 Å². The van der Waals surface area contributed by atoms with Crippen LogP contribution in [0.5, 0.6) is 0 Å². The van der Waals surface area contributed by atoms with Crippen LogP contribution in [0, 0.1) is 0 Å². The van der Waals surface area contributed by atoms with Gasteiger partial charge >= 0.3 is 5.97 Å². The van der Waals surface area contributed by atoms with Crippen molar-refractivity contribution in [1.29, 1.82) is 0 Å². The van der Waals surface area contributed by atoms with Gasteiger partial charge in [0.1, 0.15) is 0 Å². The van der Waals surface area contributed by atoms with Crippen LogP contribution in [-0.4, -0.2) is 15.6 Å². The Labute approximate surface area is 151 Å². The third kappa shape index (κ3) is 2.73. The van der Waals surface area contributed by atoms with Gasteiger partial charge in [-0.05, 0) is 54.2 Å². The summed E-state index contributed by atoms with van der Waals surface area (Å²) >= 11 is 6.07. The Kier molecular flexibility index (Phi) is 4.04. The molecule has 1 saturated carbocycles. The van der Waals surface area contributed by atoms with Crippen LogP contribution in [0.2, 0.25) is 5.02 Å². The average molecular weight is 354 g/mol. The lowest BCUT2D eigenvalue weighted by atomic mass is 9.92. The van der Waals surface area contributed by atoms with Gasteiger partial charge in [0, 0.05) is 23.0 Å². The number of hydrogen-bond acceptors (Lipinski definition) is 1. The van der Waals surface area contributed by atoms with E-state index in [-0.39, 0.29) is 0 Å². The molecule has 1 aromatic heterocycles. The molecule has 0 bridgehead atoms. The van der Waals surface area contributed by atoms with Gasteiger partial charge in [0.25, 0.3) is 0 Å². The van der Waals surface area contributed by atoms with Crippen molar-refractivity contribution in [3.05, 3.63) is 58.6 Å². The van der Waals surface area contributed by atoms with E-state index in [1.165, 1.54) is 42.3 Å². The molecule has 1 aliphatic rings. The van der Waals surface area contributed by atoms with Crippen LogP contribution in [-0.2, 0) is 7.05 Å². The number of halogens is 1. The second kappa shape index (κ2) is 6.23. The first-order valence-corrected chi connectivity index (χ1v) is 9.05. The number of carbonyl (C=O) groups is 1. The standard InChI is InChI=1S/C21H20ClNO2/c1-23-18-12-15(21(24)25)8-11-17(18)19(13-4-2-3-5-13)20(23)14-6-9-16(22)10-7-14/h6-13H,2-5H2,1H3,(H,24,25). The van der Waals surface area contributed by atoms with Crippen molar-refractivity contribution in [2.75, 3.05) is 0 Å². The van der Waals surface area contributed by atoms with Crippen LogP contribution in [0.4, 0.5) is 0 Å². The molecular weight excluding hydrogens is 334 g/mol. The maximum Gasteiger partial charge on any atom is 0.335 e. The summed E-state index contributed by atoms with van der Waals surface area (Å²) in [5.74, 6) is -0.358. The first kappa shape index (κ1) is 16.2. The van der Waals surface area contributed by atoms with Crippen molar-refractivity contribution < 1.29 is 9.90 Å². The zero-order chi connectivity index (χ0) is 17.6. The Morgan fingerprint density at radius 1 is 1.12 bits per heavy atom. The summed E-state index contributed by atoms with van der Waals surface area (Å²) < 4.78 is 2.14. The number of benzene rings is 2. The summed E-state index contributed by atoms with van der Waals surface area (Å²) in [4.78, 5) is 11.4. The predicted octanol–water partition coefficient (Wildman–Crippen LogP) is 5.85. The fourth-order valence-electron chi connectivity index (χ4n) is 4.18. The third-order valence-corrected chi connectivity index (χ3v) is 5.62. The summed E-state index contributed by atoms with van der Waals surface area (Å²) in [6.07, 6.45) is 4.91. The van der Waals surface area contributed by atoms with Crippen LogP contribution in [0.25, 0.3) is 22.2 Å². The first-order chi connectivity index (χ1) is 12.1. The van der Waals surface area contributed by atoms with Crippen LogP contribution in [0.15, 0.2) is 42.5 Å². The minimum Gasteiger partial charge on any atom is -0.478 e. The van der Waals surface area contributed by atoms with E-state index < -0.39 is 5.97 Å². The summed E-state index contributed by atoms with van der Waals surface area (Å²) in [5, 5.41) is 11.2. The molecular formula is C21H20ClNO2. The van der Waals surface area contributed by atoms with E-state index in [4.69, 9.17) is 11.6 Å². The number of aryl methyl sites for hydroxylation is 1. The first-order valence-electron chi connectivity index (χ1n) is 8.68. The van der Waals surface area contributed by atoms with Crippen LogP contribution < -0.4 is 0 Å². The van der Waals surface area contributed by atoms with E-state index in [9.17, 15) is 9.90 Å². The number of nitrogens with zero attached hydrogens (tertiary/aromatic N) is 1. The molecule has 1 N–H and O–H groups in total. The van der Waals surface area contributed by atoms with Gasteiger partial charge in [-0.2, -0.15) is 0 Å². The minimum atomic E-state index is -0.890. The molecule has 0 radical (unpaired) electrons. The molecule has 0 atom stereocenters. The highest BCUT2D eigenvalue weighted by molar-refractivity contribution is 6.30. The molecule has 1 fully saturated rings. The normalized spacial score (nSPS) is 15.1. The van der Waals surface area contributed by atoms with Crippen LogP contribution in [0.3, 0.4) is 0 Å². The summed E-state index contributed by atoms with van der Waals surface area (Å²) in [6, 6.07) is 13.4. The number of rotatable bonds is 3. The monoisotopic (exact) mass is 353 g/mol. The van der Waals surface area contributed by atoms with Crippen molar-refractivity contribution >= 4 is 28.5 Å². The van der Waals surface area contributed by atoms with E-state index >= 15 is 0 Å². The molecule has 0 saturated heterocycles. The Morgan fingerprint density at radius 2 is 1.80 bits per heavy atom. The maximum atomic E-state index is 11.4. The summed E-state index contributed by atoms with van der Waals surface area (Å²) in [5.41, 5.74) is 4.97. The number of fused-ring (bicyclic) bond motifs is 1. The topological polar surface area (TPSA) is 42.2 Å². The number of carboxylic acids is 1. The van der Waals surface area contributed by atoms with Crippen molar-refractivity contribution in [1.82, 2.24) is 4.57 Å². The fraction of sp³-hybridized carbons (Fsp3) is 0.286. The largest absolute Gasteiger partial charge is 0.478 e. The van der Waals surface area contributed by atoms with E-state index in [0.29, 0.717) is 11.5 Å². The fourth-order valence-corrected chi connectivity index (χ4v) is 4.31. The van der Waals surface area contributed by atoms with Gasteiger partial charge in [-0.3, -0.25) is 0 Å². The zero-order valence-corrected chi connectivity index (χ0v) is 14.9. The maximum absolute atomic E-state index is 11.4. The number of carboxylic acid groups (broad SMARTS) is 1. The van der Waals surface area contributed by atoms with Crippen molar-refractivity contribution in [3.63, 3.8) is 0 Å². The Bertz CT molecular complexity index is 950. The molecule has 128 valence electrons. The third-order valence-electron chi connectivity index (χ3n) is 5.37. The van der Waals surface area contributed by atoms with Gasteiger partial charge < -0.3 is 9.67 Å². The number of aromatic nitrogens is 1. The van der Waals surface area contributed by atoms with Gasteiger partial charge in [0.2, 0.25) is 0 Å². The van der Waals surface area contributed by atoms with E-state index in [1.54, 1.807) is 12.1 Å². The molecule has 3 nitrogen and oxygen atoms in total. The molecule has 2 aromatic carbocycles. The Balaban J connectivity index is 2.01. The second-order valence-corrected chi connectivity index (χ2v) is 7.28.